The Hall–Kier alpha value is -1.92. The van der Waals surface area contributed by atoms with Gasteiger partial charge in [0.2, 0.25) is 0 Å². The number of benzene rings is 1. The standard InChI is InChI=1S/C19H27NO5/c1-18(2)11-15(12-19(3,4)20(18)24-6)25-17(22)14-9-7-13(8-10-14)16(21)23-5/h7-10,15H,11-12H2,1-6H3. The summed E-state index contributed by atoms with van der Waals surface area (Å²) in [6, 6.07) is 6.28. The van der Waals surface area contributed by atoms with Gasteiger partial charge in [0, 0.05) is 23.9 Å². The van der Waals surface area contributed by atoms with Crippen molar-refractivity contribution >= 4 is 11.9 Å². The maximum absolute atomic E-state index is 12.5. The number of esters is 2. The molecule has 138 valence electrons. The molecule has 0 N–H and O–H groups in total. The van der Waals surface area contributed by atoms with Crippen molar-refractivity contribution in [3.8, 4) is 0 Å². The summed E-state index contributed by atoms with van der Waals surface area (Å²) in [4.78, 5) is 29.5. The molecule has 1 aromatic carbocycles. The van der Waals surface area contributed by atoms with Crippen molar-refractivity contribution in [2.75, 3.05) is 14.2 Å². The Balaban J connectivity index is 2.09. The molecule has 0 unspecified atom stereocenters. The molecule has 0 radical (unpaired) electrons. The third-order valence-corrected chi connectivity index (χ3v) is 4.55. The summed E-state index contributed by atoms with van der Waals surface area (Å²) in [5, 5.41) is 1.97. The van der Waals surface area contributed by atoms with E-state index in [-0.39, 0.29) is 23.2 Å². The van der Waals surface area contributed by atoms with Crippen LogP contribution < -0.4 is 0 Å². The third kappa shape index (κ3) is 4.19. The average Bonchev–Trinajstić information content (AvgIpc) is 2.52. The van der Waals surface area contributed by atoms with Gasteiger partial charge in [-0.2, -0.15) is 5.06 Å². The first kappa shape index (κ1) is 19.4. The van der Waals surface area contributed by atoms with Gasteiger partial charge in [-0.25, -0.2) is 9.59 Å². The number of carbonyl (C=O) groups is 2. The highest BCUT2D eigenvalue weighted by Crippen LogP contribution is 2.39. The summed E-state index contributed by atoms with van der Waals surface area (Å²) >= 11 is 0. The predicted octanol–water partition coefficient (Wildman–Crippen LogP) is 3.21. The van der Waals surface area contributed by atoms with E-state index >= 15 is 0 Å². The van der Waals surface area contributed by atoms with Crippen LogP contribution >= 0.6 is 0 Å². The zero-order valence-corrected chi connectivity index (χ0v) is 15.8. The van der Waals surface area contributed by atoms with Crippen molar-refractivity contribution in [1.82, 2.24) is 5.06 Å². The number of rotatable bonds is 4. The first-order chi connectivity index (χ1) is 11.6. The van der Waals surface area contributed by atoms with E-state index < -0.39 is 5.97 Å². The number of methoxy groups -OCH3 is 1. The van der Waals surface area contributed by atoms with Crippen LogP contribution in [0.1, 0.15) is 61.3 Å². The van der Waals surface area contributed by atoms with Gasteiger partial charge in [0.05, 0.1) is 25.3 Å². The predicted molar refractivity (Wildman–Crippen MR) is 93.2 cm³/mol. The minimum Gasteiger partial charge on any atom is -0.465 e. The molecule has 1 aliphatic heterocycles. The quantitative estimate of drug-likeness (QED) is 0.778. The second-order valence-electron chi connectivity index (χ2n) is 7.61. The fraction of sp³-hybridized carbons (Fsp3) is 0.579. The van der Waals surface area contributed by atoms with Gasteiger partial charge in [-0.1, -0.05) is 0 Å². The fourth-order valence-electron chi connectivity index (χ4n) is 3.83. The van der Waals surface area contributed by atoms with Gasteiger partial charge in [0.25, 0.3) is 0 Å². The van der Waals surface area contributed by atoms with E-state index in [2.05, 4.69) is 32.4 Å². The van der Waals surface area contributed by atoms with Gasteiger partial charge in [-0.05, 0) is 52.0 Å². The van der Waals surface area contributed by atoms with Crippen molar-refractivity contribution < 1.29 is 23.9 Å². The summed E-state index contributed by atoms with van der Waals surface area (Å²) in [7, 11) is 2.99. The number of hydrogen-bond acceptors (Lipinski definition) is 6. The molecule has 0 bridgehead atoms. The van der Waals surface area contributed by atoms with E-state index in [1.165, 1.54) is 7.11 Å². The molecule has 25 heavy (non-hydrogen) atoms. The van der Waals surface area contributed by atoms with Crippen molar-refractivity contribution in [3.63, 3.8) is 0 Å². The van der Waals surface area contributed by atoms with Gasteiger partial charge < -0.3 is 14.3 Å². The summed E-state index contributed by atoms with van der Waals surface area (Å²) in [5.41, 5.74) is 0.305. The molecule has 0 atom stereocenters. The normalized spacial score (nSPS) is 20.1. The topological polar surface area (TPSA) is 65.1 Å². The molecular formula is C19H27NO5. The second-order valence-corrected chi connectivity index (χ2v) is 7.61. The van der Waals surface area contributed by atoms with Crippen LogP contribution in [0, 0.1) is 0 Å². The minimum absolute atomic E-state index is 0.204. The summed E-state index contributed by atoms with van der Waals surface area (Å²) in [5.74, 6) is -0.825. The first-order valence-corrected chi connectivity index (χ1v) is 8.34. The maximum Gasteiger partial charge on any atom is 0.338 e. The van der Waals surface area contributed by atoms with Crippen LogP contribution in [0.15, 0.2) is 24.3 Å². The number of nitrogens with zero attached hydrogens (tertiary/aromatic N) is 1. The Morgan fingerprint density at radius 2 is 1.36 bits per heavy atom. The molecule has 6 heteroatoms. The van der Waals surface area contributed by atoms with Crippen LogP contribution in [0.25, 0.3) is 0 Å². The SMILES string of the molecule is COC(=O)c1ccc(C(=O)OC2CC(C)(C)N(OC)C(C)(C)C2)cc1. The monoisotopic (exact) mass is 349 g/mol. The van der Waals surface area contributed by atoms with Crippen LogP contribution in [0.3, 0.4) is 0 Å². The lowest BCUT2D eigenvalue weighted by Gasteiger charge is -2.52. The molecule has 0 aliphatic carbocycles. The smallest absolute Gasteiger partial charge is 0.338 e. The zero-order valence-electron chi connectivity index (χ0n) is 15.8. The number of hydroxylamine groups is 2. The van der Waals surface area contributed by atoms with Crippen LogP contribution in [-0.4, -0.2) is 48.4 Å². The van der Waals surface area contributed by atoms with Gasteiger partial charge in [0.1, 0.15) is 6.10 Å². The molecule has 0 aromatic heterocycles. The van der Waals surface area contributed by atoms with E-state index in [9.17, 15) is 9.59 Å². The Labute approximate surface area is 149 Å². The zero-order chi connectivity index (χ0) is 18.8. The van der Waals surface area contributed by atoms with E-state index in [4.69, 9.17) is 9.57 Å². The average molecular weight is 349 g/mol. The number of hydrogen-bond donors (Lipinski definition) is 0. The van der Waals surface area contributed by atoms with Crippen molar-refractivity contribution in [3.05, 3.63) is 35.4 Å². The highest BCUT2D eigenvalue weighted by atomic mass is 16.7. The van der Waals surface area contributed by atoms with Crippen molar-refractivity contribution in [2.45, 2.75) is 57.7 Å². The number of piperidine rings is 1. The Morgan fingerprint density at radius 1 is 0.920 bits per heavy atom. The lowest BCUT2D eigenvalue weighted by molar-refractivity contribution is -0.276. The lowest BCUT2D eigenvalue weighted by atomic mass is 9.80. The van der Waals surface area contributed by atoms with Gasteiger partial charge in [-0.15, -0.1) is 0 Å². The molecule has 6 nitrogen and oxygen atoms in total. The largest absolute Gasteiger partial charge is 0.465 e. The highest BCUT2D eigenvalue weighted by molar-refractivity contribution is 5.93. The van der Waals surface area contributed by atoms with Crippen LogP contribution in [0.2, 0.25) is 0 Å². The number of ether oxygens (including phenoxy) is 2. The summed E-state index contributed by atoms with van der Waals surface area (Å²) in [6.07, 6.45) is 1.15. The molecular weight excluding hydrogens is 322 g/mol. The molecule has 1 aromatic rings. The Bertz CT molecular complexity index is 618. The second kappa shape index (κ2) is 7.14. The molecule has 0 amide bonds. The maximum atomic E-state index is 12.5. The fourth-order valence-corrected chi connectivity index (χ4v) is 3.83. The van der Waals surface area contributed by atoms with Crippen LogP contribution in [0.4, 0.5) is 0 Å². The Kier molecular flexibility index (Phi) is 5.54. The van der Waals surface area contributed by atoms with E-state index in [0.29, 0.717) is 24.0 Å². The molecule has 1 aliphatic rings. The van der Waals surface area contributed by atoms with Crippen LogP contribution in [0.5, 0.6) is 0 Å². The third-order valence-electron chi connectivity index (χ3n) is 4.55. The minimum atomic E-state index is -0.435. The molecule has 1 fully saturated rings. The summed E-state index contributed by atoms with van der Waals surface area (Å²) in [6.45, 7) is 8.29. The molecule has 0 spiro atoms. The van der Waals surface area contributed by atoms with Gasteiger partial charge in [-0.3, -0.25) is 0 Å². The van der Waals surface area contributed by atoms with Gasteiger partial charge in [0.15, 0.2) is 0 Å². The first-order valence-electron chi connectivity index (χ1n) is 8.34. The molecule has 2 rings (SSSR count). The van der Waals surface area contributed by atoms with Crippen LogP contribution in [-0.2, 0) is 14.3 Å². The van der Waals surface area contributed by atoms with Crippen molar-refractivity contribution in [1.29, 1.82) is 0 Å². The highest BCUT2D eigenvalue weighted by Gasteiger charge is 2.47. The van der Waals surface area contributed by atoms with E-state index in [0.717, 1.165) is 0 Å². The molecule has 1 heterocycles. The van der Waals surface area contributed by atoms with Crippen molar-refractivity contribution in [2.24, 2.45) is 0 Å². The molecule has 0 saturated carbocycles. The van der Waals surface area contributed by atoms with E-state index in [1.54, 1.807) is 31.4 Å². The van der Waals surface area contributed by atoms with Gasteiger partial charge >= 0.3 is 11.9 Å². The summed E-state index contributed by atoms with van der Waals surface area (Å²) < 4.78 is 10.4. The lowest BCUT2D eigenvalue weighted by Crippen LogP contribution is -2.61. The van der Waals surface area contributed by atoms with E-state index in [1.807, 2.05) is 5.06 Å². The molecule has 1 saturated heterocycles. The Morgan fingerprint density at radius 3 is 1.76 bits per heavy atom. The number of carbonyl (C=O) groups excluding carboxylic acids is 2.